The van der Waals surface area contributed by atoms with Crippen LogP contribution in [-0.4, -0.2) is 20.1 Å². The van der Waals surface area contributed by atoms with E-state index in [9.17, 15) is 0 Å². The first-order valence-electron chi connectivity index (χ1n) is 6.86. The first kappa shape index (κ1) is 16.1. The lowest BCUT2D eigenvalue weighted by molar-refractivity contribution is 0.610. The number of unbranched alkanes of at least 4 members (excludes halogenated alkanes) is 3. The lowest BCUT2D eigenvalue weighted by Gasteiger charge is -2.10. The molecule has 0 saturated carbocycles. The highest BCUT2D eigenvalue weighted by Gasteiger charge is 1.95. The van der Waals surface area contributed by atoms with Gasteiger partial charge in [0.1, 0.15) is 0 Å². The van der Waals surface area contributed by atoms with E-state index in [1.807, 2.05) is 7.05 Å². The molecule has 0 aromatic carbocycles. The zero-order chi connectivity index (χ0) is 12.8. The maximum absolute atomic E-state index is 5.25. The lowest BCUT2D eigenvalue weighted by Crippen LogP contribution is -2.15. The molecular formula is C15H28N2. The van der Waals surface area contributed by atoms with Crippen LogP contribution in [0.5, 0.6) is 0 Å². The van der Waals surface area contributed by atoms with E-state index >= 15 is 0 Å². The fraction of sp³-hybridized carbons (Fsp3) is 0.733. The minimum absolute atomic E-state index is 0.844. The molecule has 0 aromatic heterocycles. The summed E-state index contributed by atoms with van der Waals surface area (Å²) in [4.78, 5) is 0. The van der Waals surface area contributed by atoms with Crippen LogP contribution in [-0.2, 0) is 0 Å². The Morgan fingerprint density at radius 3 is 2.65 bits per heavy atom. The standard InChI is InChI=1S/C15H28N2/c1-4-6-8-12-15(11-5-2)17-14-10-7-9-13-16-3/h1,12,16-17H,5-11,13-14H2,2-3H3/b15-12+. The molecule has 0 rings (SSSR count). The number of hydrogen-bond donors (Lipinski definition) is 2. The Labute approximate surface area is 107 Å². The van der Waals surface area contributed by atoms with Crippen molar-refractivity contribution in [3.63, 3.8) is 0 Å². The SMILES string of the molecule is C#CCC/C=C(\CCC)NCCCCCNC. The van der Waals surface area contributed by atoms with Gasteiger partial charge in [0.2, 0.25) is 0 Å². The molecule has 0 aliphatic heterocycles. The highest BCUT2D eigenvalue weighted by molar-refractivity contribution is 5.01. The summed E-state index contributed by atoms with van der Waals surface area (Å²) in [6.07, 6.45) is 15.5. The second-order valence-corrected chi connectivity index (χ2v) is 4.31. The van der Waals surface area contributed by atoms with Gasteiger partial charge in [0, 0.05) is 18.7 Å². The van der Waals surface area contributed by atoms with Crippen LogP contribution in [0.25, 0.3) is 0 Å². The van der Waals surface area contributed by atoms with Crippen LogP contribution in [0.1, 0.15) is 51.9 Å². The molecule has 2 heteroatoms. The maximum Gasteiger partial charge on any atom is 0.0143 e. The molecule has 0 saturated heterocycles. The van der Waals surface area contributed by atoms with Gasteiger partial charge in [-0.2, -0.15) is 0 Å². The monoisotopic (exact) mass is 236 g/mol. The molecule has 0 spiro atoms. The summed E-state index contributed by atoms with van der Waals surface area (Å²) in [6.45, 7) is 4.43. The molecule has 2 N–H and O–H groups in total. The van der Waals surface area contributed by atoms with Crippen LogP contribution >= 0.6 is 0 Å². The molecule has 0 fully saturated rings. The molecule has 0 radical (unpaired) electrons. The summed E-state index contributed by atoms with van der Waals surface area (Å²) in [5, 5.41) is 6.70. The van der Waals surface area contributed by atoms with Crippen LogP contribution in [0.2, 0.25) is 0 Å². The summed E-state index contributed by atoms with van der Waals surface area (Å²) in [7, 11) is 2.01. The van der Waals surface area contributed by atoms with Crippen LogP contribution < -0.4 is 10.6 Å². The van der Waals surface area contributed by atoms with E-state index in [1.165, 1.54) is 31.4 Å². The average molecular weight is 236 g/mol. The number of hydrogen-bond acceptors (Lipinski definition) is 2. The van der Waals surface area contributed by atoms with E-state index in [1.54, 1.807) is 0 Å². The second-order valence-electron chi connectivity index (χ2n) is 4.31. The Kier molecular flexibility index (Phi) is 12.4. The third kappa shape index (κ3) is 11.3. The predicted molar refractivity (Wildman–Crippen MR) is 76.8 cm³/mol. The highest BCUT2D eigenvalue weighted by Crippen LogP contribution is 2.04. The van der Waals surface area contributed by atoms with Crippen molar-refractivity contribution in [3.8, 4) is 12.3 Å². The number of rotatable bonds is 11. The summed E-state index contributed by atoms with van der Waals surface area (Å²) in [6, 6.07) is 0. The van der Waals surface area contributed by atoms with Crippen LogP contribution in [0, 0.1) is 12.3 Å². The van der Waals surface area contributed by atoms with Crippen LogP contribution in [0.15, 0.2) is 11.8 Å². The molecule has 0 heterocycles. The lowest BCUT2D eigenvalue weighted by atomic mass is 10.2. The Balaban J connectivity index is 3.62. The third-order valence-electron chi connectivity index (χ3n) is 2.65. The van der Waals surface area contributed by atoms with Crippen molar-refractivity contribution in [2.75, 3.05) is 20.1 Å². The Morgan fingerprint density at radius 2 is 2.00 bits per heavy atom. The van der Waals surface area contributed by atoms with Crippen molar-refractivity contribution in [2.45, 2.75) is 51.9 Å². The van der Waals surface area contributed by atoms with Crippen molar-refractivity contribution < 1.29 is 0 Å². The third-order valence-corrected chi connectivity index (χ3v) is 2.65. The zero-order valence-electron chi connectivity index (χ0n) is 11.5. The van der Waals surface area contributed by atoms with Crippen molar-refractivity contribution >= 4 is 0 Å². The van der Waals surface area contributed by atoms with E-state index in [-0.39, 0.29) is 0 Å². The number of terminal acetylenes is 1. The fourth-order valence-electron chi connectivity index (χ4n) is 1.71. The Hall–Kier alpha value is -0.940. The van der Waals surface area contributed by atoms with E-state index < -0.39 is 0 Å². The zero-order valence-corrected chi connectivity index (χ0v) is 11.5. The van der Waals surface area contributed by atoms with Crippen molar-refractivity contribution in [3.05, 3.63) is 11.8 Å². The molecular weight excluding hydrogens is 208 g/mol. The average Bonchev–Trinajstić information content (AvgIpc) is 2.34. The summed E-state index contributed by atoms with van der Waals surface area (Å²) in [5.41, 5.74) is 1.37. The fourth-order valence-corrected chi connectivity index (χ4v) is 1.71. The van der Waals surface area contributed by atoms with Gasteiger partial charge < -0.3 is 10.6 Å². The van der Waals surface area contributed by atoms with Gasteiger partial charge in [-0.15, -0.1) is 12.3 Å². The molecule has 0 aromatic rings. The summed E-state index contributed by atoms with van der Waals surface area (Å²) >= 11 is 0. The quantitative estimate of drug-likeness (QED) is 0.425. The van der Waals surface area contributed by atoms with Gasteiger partial charge in [0.25, 0.3) is 0 Å². The summed E-state index contributed by atoms with van der Waals surface area (Å²) in [5.74, 6) is 2.68. The molecule has 0 aliphatic carbocycles. The van der Waals surface area contributed by atoms with Crippen molar-refractivity contribution in [1.29, 1.82) is 0 Å². The number of allylic oxidation sites excluding steroid dienone is 2. The number of nitrogens with one attached hydrogen (secondary N) is 2. The van der Waals surface area contributed by atoms with Gasteiger partial charge in [0.15, 0.2) is 0 Å². The molecule has 2 nitrogen and oxygen atoms in total. The highest BCUT2D eigenvalue weighted by atomic mass is 14.9. The summed E-state index contributed by atoms with van der Waals surface area (Å²) < 4.78 is 0. The van der Waals surface area contributed by atoms with E-state index in [0.717, 1.165) is 32.4 Å². The largest absolute Gasteiger partial charge is 0.389 e. The van der Waals surface area contributed by atoms with Gasteiger partial charge >= 0.3 is 0 Å². The van der Waals surface area contributed by atoms with Crippen LogP contribution in [0.4, 0.5) is 0 Å². The van der Waals surface area contributed by atoms with Gasteiger partial charge in [0.05, 0.1) is 0 Å². The second kappa shape index (κ2) is 13.1. The molecule has 0 aliphatic rings. The molecule has 0 bridgehead atoms. The predicted octanol–water partition coefficient (Wildman–Crippen LogP) is 3.06. The first-order chi connectivity index (χ1) is 8.35. The van der Waals surface area contributed by atoms with Crippen LogP contribution in [0.3, 0.4) is 0 Å². The van der Waals surface area contributed by atoms with Crippen molar-refractivity contribution in [2.24, 2.45) is 0 Å². The smallest absolute Gasteiger partial charge is 0.0143 e. The normalized spacial score (nSPS) is 11.2. The molecule has 0 amide bonds. The first-order valence-corrected chi connectivity index (χ1v) is 6.86. The van der Waals surface area contributed by atoms with Crippen molar-refractivity contribution in [1.82, 2.24) is 10.6 Å². The van der Waals surface area contributed by atoms with Gasteiger partial charge in [-0.05, 0) is 39.3 Å². The Morgan fingerprint density at radius 1 is 1.24 bits per heavy atom. The van der Waals surface area contributed by atoms with E-state index in [4.69, 9.17) is 6.42 Å². The van der Waals surface area contributed by atoms with Gasteiger partial charge in [-0.3, -0.25) is 0 Å². The molecule has 0 unspecified atom stereocenters. The molecule has 17 heavy (non-hydrogen) atoms. The molecule has 98 valence electrons. The Bertz CT molecular complexity index is 226. The molecule has 0 atom stereocenters. The minimum atomic E-state index is 0.844. The minimum Gasteiger partial charge on any atom is -0.389 e. The van der Waals surface area contributed by atoms with E-state index in [0.29, 0.717) is 0 Å². The van der Waals surface area contributed by atoms with Gasteiger partial charge in [-0.25, -0.2) is 0 Å². The maximum atomic E-state index is 5.25. The topological polar surface area (TPSA) is 24.1 Å². The van der Waals surface area contributed by atoms with E-state index in [2.05, 4.69) is 29.6 Å². The van der Waals surface area contributed by atoms with Gasteiger partial charge in [-0.1, -0.05) is 25.8 Å².